The summed E-state index contributed by atoms with van der Waals surface area (Å²) in [6.07, 6.45) is 0. The highest BCUT2D eigenvalue weighted by Gasteiger charge is 2.32. The van der Waals surface area contributed by atoms with Crippen LogP contribution in [0.3, 0.4) is 0 Å². The first kappa shape index (κ1) is 21.3. The smallest absolute Gasteiger partial charge is 0.293 e. The summed E-state index contributed by atoms with van der Waals surface area (Å²) in [4.78, 5) is 12.8. The number of hydrogen-bond donors (Lipinski definition) is 0. The van der Waals surface area contributed by atoms with E-state index in [0.717, 1.165) is 0 Å². The highest BCUT2D eigenvalue weighted by molar-refractivity contribution is 9.10. The molecule has 1 aliphatic rings. The Kier molecular flexibility index (Phi) is 6.30. The fraction of sp³-hybridized carbons (Fsp3) is 0.333. The molecule has 0 N–H and O–H groups in total. The summed E-state index contributed by atoms with van der Waals surface area (Å²) in [7, 11) is -0.947. The number of nitro benzene ring substituents is 1. The predicted molar refractivity (Wildman–Crippen MR) is 111 cm³/mol. The number of piperazine rings is 1. The van der Waals surface area contributed by atoms with Gasteiger partial charge in [0.25, 0.3) is 5.69 Å². The van der Waals surface area contributed by atoms with E-state index in [2.05, 4.69) is 15.9 Å². The molecule has 1 heterocycles. The largest absolute Gasteiger partial charge is 0.497 e. The van der Waals surface area contributed by atoms with Crippen LogP contribution < -0.4 is 14.4 Å². The molecular formula is C18H20BrN3O6S. The number of benzene rings is 2. The van der Waals surface area contributed by atoms with Gasteiger partial charge in [-0.2, -0.15) is 4.31 Å². The Hall–Kier alpha value is -2.37. The van der Waals surface area contributed by atoms with Crippen molar-refractivity contribution in [3.63, 3.8) is 0 Å². The molecule has 1 fully saturated rings. The van der Waals surface area contributed by atoms with E-state index in [0.29, 0.717) is 29.0 Å². The number of ether oxygens (including phenoxy) is 2. The van der Waals surface area contributed by atoms with Crippen molar-refractivity contribution in [1.29, 1.82) is 0 Å². The zero-order valence-electron chi connectivity index (χ0n) is 15.9. The summed E-state index contributed by atoms with van der Waals surface area (Å²) in [6, 6.07) is 9.44. The average molecular weight is 486 g/mol. The van der Waals surface area contributed by atoms with Crippen molar-refractivity contribution in [2.45, 2.75) is 4.90 Å². The molecule has 156 valence electrons. The molecule has 29 heavy (non-hydrogen) atoms. The van der Waals surface area contributed by atoms with E-state index in [4.69, 9.17) is 9.47 Å². The van der Waals surface area contributed by atoms with Gasteiger partial charge in [0.1, 0.15) is 22.1 Å². The summed E-state index contributed by atoms with van der Waals surface area (Å²) in [5, 5.41) is 11.4. The van der Waals surface area contributed by atoms with Crippen molar-refractivity contribution < 1.29 is 22.8 Å². The molecule has 1 aliphatic heterocycles. The SMILES string of the molecule is COc1ccc(OC)c(S(=O)(=O)N2CCN(c3ccc(Br)cc3[N+](=O)[O-])CC2)c1. The van der Waals surface area contributed by atoms with Crippen LogP contribution in [0.15, 0.2) is 45.8 Å². The first-order valence-electron chi connectivity index (χ1n) is 8.69. The van der Waals surface area contributed by atoms with Gasteiger partial charge < -0.3 is 14.4 Å². The summed E-state index contributed by atoms with van der Waals surface area (Å²) >= 11 is 3.24. The van der Waals surface area contributed by atoms with E-state index in [1.54, 1.807) is 24.3 Å². The normalized spacial score (nSPS) is 15.2. The van der Waals surface area contributed by atoms with Gasteiger partial charge in [0, 0.05) is 42.8 Å². The van der Waals surface area contributed by atoms with Crippen molar-refractivity contribution in [2.75, 3.05) is 45.3 Å². The summed E-state index contributed by atoms with van der Waals surface area (Å²) in [6.45, 7) is 1.04. The minimum Gasteiger partial charge on any atom is -0.497 e. The maximum Gasteiger partial charge on any atom is 0.293 e. The van der Waals surface area contributed by atoms with Crippen LogP contribution in [-0.4, -0.2) is 58.0 Å². The van der Waals surface area contributed by atoms with Crippen LogP contribution >= 0.6 is 15.9 Å². The molecule has 0 bridgehead atoms. The average Bonchev–Trinajstić information content (AvgIpc) is 2.73. The fourth-order valence-electron chi connectivity index (χ4n) is 3.20. The molecule has 0 aliphatic carbocycles. The van der Waals surface area contributed by atoms with E-state index in [1.165, 1.54) is 30.7 Å². The van der Waals surface area contributed by atoms with Crippen molar-refractivity contribution >= 4 is 37.3 Å². The Bertz CT molecular complexity index is 1020. The van der Waals surface area contributed by atoms with Gasteiger partial charge in [-0.25, -0.2) is 8.42 Å². The fourth-order valence-corrected chi connectivity index (χ4v) is 5.15. The van der Waals surface area contributed by atoms with Crippen molar-refractivity contribution in [2.24, 2.45) is 0 Å². The summed E-state index contributed by atoms with van der Waals surface area (Å²) in [5.41, 5.74) is 0.444. The monoisotopic (exact) mass is 485 g/mol. The number of rotatable bonds is 6. The first-order valence-corrected chi connectivity index (χ1v) is 10.9. The van der Waals surface area contributed by atoms with Crippen LogP contribution in [-0.2, 0) is 10.0 Å². The number of sulfonamides is 1. The molecule has 2 aromatic rings. The van der Waals surface area contributed by atoms with Crippen LogP contribution in [0.2, 0.25) is 0 Å². The second kappa shape index (κ2) is 8.56. The van der Waals surface area contributed by atoms with Gasteiger partial charge in [0.15, 0.2) is 0 Å². The zero-order valence-corrected chi connectivity index (χ0v) is 18.3. The highest BCUT2D eigenvalue weighted by atomic mass is 79.9. The Morgan fingerprint density at radius 1 is 1.03 bits per heavy atom. The summed E-state index contributed by atoms with van der Waals surface area (Å²) < 4.78 is 38.6. The molecule has 3 rings (SSSR count). The number of halogens is 1. The van der Waals surface area contributed by atoms with Gasteiger partial charge in [-0.05, 0) is 24.3 Å². The number of anilines is 1. The molecular weight excluding hydrogens is 466 g/mol. The topological polar surface area (TPSA) is 102 Å². The molecule has 1 saturated heterocycles. The van der Waals surface area contributed by atoms with Gasteiger partial charge in [-0.15, -0.1) is 0 Å². The molecule has 11 heteroatoms. The molecule has 0 spiro atoms. The van der Waals surface area contributed by atoms with Gasteiger partial charge in [-0.1, -0.05) is 15.9 Å². The first-order chi connectivity index (χ1) is 13.8. The van der Waals surface area contributed by atoms with Crippen LogP contribution in [0.25, 0.3) is 0 Å². The molecule has 0 unspecified atom stereocenters. The Morgan fingerprint density at radius 3 is 2.31 bits per heavy atom. The lowest BCUT2D eigenvalue weighted by molar-refractivity contribution is -0.384. The molecule has 0 radical (unpaired) electrons. The van der Waals surface area contributed by atoms with Crippen LogP contribution in [0.1, 0.15) is 0 Å². The van der Waals surface area contributed by atoms with Crippen molar-refractivity contribution in [1.82, 2.24) is 4.31 Å². The van der Waals surface area contributed by atoms with Gasteiger partial charge in [0.2, 0.25) is 10.0 Å². The van der Waals surface area contributed by atoms with E-state index < -0.39 is 14.9 Å². The molecule has 0 saturated carbocycles. The Morgan fingerprint density at radius 2 is 1.72 bits per heavy atom. The third kappa shape index (κ3) is 4.31. The second-order valence-corrected chi connectivity index (χ2v) is 9.12. The van der Waals surface area contributed by atoms with Gasteiger partial charge in [-0.3, -0.25) is 10.1 Å². The minimum atomic E-state index is -3.82. The van der Waals surface area contributed by atoms with E-state index in [1.807, 2.05) is 4.90 Å². The van der Waals surface area contributed by atoms with E-state index in [9.17, 15) is 18.5 Å². The Balaban J connectivity index is 1.83. The van der Waals surface area contributed by atoms with E-state index in [-0.39, 0.29) is 29.4 Å². The van der Waals surface area contributed by atoms with Gasteiger partial charge >= 0.3 is 0 Å². The lowest BCUT2D eigenvalue weighted by Crippen LogP contribution is -2.48. The quantitative estimate of drug-likeness (QED) is 0.457. The maximum absolute atomic E-state index is 13.2. The molecule has 9 nitrogen and oxygen atoms in total. The highest BCUT2D eigenvalue weighted by Crippen LogP contribution is 2.34. The lowest BCUT2D eigenvalue weighted by atomic mass is 10.2. The molecule has 0 aromatic heterocycles. The maximum atomic E-state index is 13.2. The molecule has 0 atom stereocenters. The second-order valence-electron chi connectivity index (χ2n) is 6.30. The van der Waals surface area contributed by atoms with Crippen LogP contribution in [0.4, 0.5) is 11.4 Å². The number of methoxy groups -OCH3 is 2. The molecule has 2 aromatic carbocycles. The zero-order chi connectivity index (χ0) is 21.2. The number of nitro groups is 1. The molecule has 0 amide bonds. The van der Waals surface area contributed by atoms with E-state index >= 15 is 0 Å². The lowest BCUT2D eigenvalue weighted by Gasteiger charge is -2.35. The predicted octanol–water partition coefficient (Wildman–Crippen LogP) is 2.89. The third-order valence-electron chi connectivity index (χ3n) is 4.70. The third-order valence-corrected chi connectivity index (χ3v) is 7.12. The number of nitrogens with zero attached hydrogens (tertiary/aromatic N) is 3. The Labute approximate surface area is 177 Å². The van der Waals surface area contributed by atoms with Crippen LogP contribution in [0.5, 0.6) is 11.5 Å². The standard InChI is InChI=1S/C18H20BrN3O6S/c1-27-14-4-6-17(28-2)18(12-14)29(25,26)21-9-7-20(8-10-21)15-5-3-13(19)11-16(15)22(23)24/h3-6,11-12H,7-10H2,1-2H3. The van der Waals surface area contributed by atoms with Crippen molar-refractivity contribution in [3.05, 3.63) is 51.0 Å². The van der Waals surface area contributed by atoms with Crippen molar-refractivity contribution in [3.8, 4) is 11.5 Å². The minimum absolute atomic E-state index is 0.0230. The number of hydrogen-bond acceptors (Lipinski definition) is 7. The summed E-state index contributed by atoms with van der Waals surface area (Å²) in [5.74, 6) is 0.644. The van der Waals surface area contributed by atoms with Crippen LogP contribution in [0, 0.1) is 10.1 Å². The van der Waals surface area contributed by atoms with Gasteiger partial charge in [0.05, 0.1) is 19.1 Å².